The molecular weight excluding hydrogens is 333 g/mol. The molecule has 6 heteroatoms. The van der Waals surface area contributed by atoms with Crippen molar-refractivity contribution in [2.45, 2.75) is 19.4 Å². The number of carbonyl (C=O) groups is 1. The maximum Gasteiger partial charge on any atom is 0.260 e. The first-order valence-electron chi connectivity index (χ1n) is 8.60. The van der Waals surface area contributed by atoms with Crippen LogP contribution >= 0.6 is 0 Å². The largest absolute Gasteiger partial charge is 0.349 e. The monoisotopic (exact) mass is 353 g/mol. The van der Waals surface area contributed by atoms with E-state index in [1.807, 2.05) is 18.5 Å². The fourth-order valence-electron chi connectivity index (χ4n) is 3.88. The lowest BCUT2D eigenvalue weighted by Crippen LogP contribution is -2.45. The van der Waals surface area contributed by atoms with Gasteiger partial charge < -0.3 is 14.0 Å². The van der Waals surface area contributed by atoms with Gasteiger partial charge in [0.1, 0.15) is 5.82 Å². The molecule has 0 N–H and O–H groups in total. The Morgan fingerprint density at radius 1 is 1.12 bits per heavy atom. The highest BCUT2D eigenvalue weighted by Crippen LogP contribution is 2.35. The second-order valence-corrected chi connectivity index (χ2v) is 6.96. The summed E-state index contributed by atoms with van der Waals surface area (Å²) in [6.07, 6.45) is 4.35. The maximum absolute atomic E-state index is 13.2. The van der Waals surface area contributed by atoms with E-state index < -0.39 is 0 Å². The number of amides is 1. The molecule has 4 rings (SSSR count). The summed E-state index contributed by atoms with van der Waals surface area (Å²) in [7, 11) is 3.54. The van der Waals surface area contributed by atoms with Gasteiger partial charge in [-0.3, -0.25) is 9.59 Å². The second kappa shape index (κ2) is 5.83. The summed E-state index contributed by atoms with van der Waals surface area (Å²) in [5.74, 6) is -0.446. The van der Waals surface area contributed by atoms with Crippen molar-refractivity contribution in [1.29, 1.82) is 0 Å². The minimum atomic E-state index is -0.293. The van der Waals surface area contributed by atoms with E-state index in [1.54, 1.807) is 36.5 Å². The summed E-state index contributed by atoms with van der Waals surface area (Å²) < 4.78 is 16.5. The summed E-state index contributed by atoms with van der Waals surface area (Å²) in [6, 6.07) is 6.17. The molecule has 3 heterocycles. The van der Waals surface area contributed by atoms with Crippen LogP contribution in [0.5, 0.6) is 0 Å². The first kappa shape index (κ1) is 16.6. The van der Waals surface area contributed by atoms with Gasteiger partial charge in [0, 0.05) is 33.0 Å². The Kier molecular flexibility index (Phi) is 3.72. The molecule has 1 aliphatic rings. The highest BCUT2D eigenvalue weighted by atomic mass is 19.1. The fraction of sp³-hybridized carbons (Fsp3) is 0.300. The van der Waals surface area contributed by atoms with E-state index in [-0.39, 0.29) is 23.3 Å². The first-order valence-corrected chi connectivity index (χ1v) is 8.60. The van der Waals surface area contributed by atoms with E-state index >= 15 is 0 Å². The van der Waals surface area contributed by atoms with Crippen molar-refractivity contribution in [3.05, 3.63) is 69.5 Å². The highest BCUT2D eigenvalue weighted by Gasteiger charge is 2.35. The molecule has 0 spiro atoms. The van der Waals surface area contributed by atoms with Gasteiger partial charge in [-0.15, -0.1) is 0 Å². The molecule has 1 aromatic carbocycles. The van der Waals surface area contributed by atoms with E-state index in [2.05, 4.69) is 0 Å². The van der Waals surface area contributed by atoms with E-state index in [0.717, 1.165) is 23.1 Å². The Morgan fingerprint density at radius 2 is 1.81 bits per heavy atom. The number of likely N-dealkylation sites (tertiary alicyclic amines) is 1. The quantitative estimate of drug-likeness (QED) is 0.711. The van der Waals surface area contributed by atoms with Crippen LogP contribution in [0.1, 0.15) is 33.9 Å². The zero-order valence-electron chi connectivity index (χ0n) is 15.0. The standard InChI is InChI=1S/C20H20FN3O2/c1-12-10-23(3)20(26)17-15(11-22(2)18(12)17)19(25)24-9-8-16(24)13-4-6-14(21)7-5-13/h4-7,10-11,16H,8-9H2,1-3H3. The van der Waals surface area contributed by atoms with Crippen molar-refractivity contribution in [3.63, 3.8) is 0 Å². The van der Waals surface area contributed by atoms with Crippen LogP contribution in [0.25, 0.3) is 10.9 Å². The number of fused-ring (bicyclic) bond motifs is 1. The molecule has 0 bridgehead atoms. The Labute approximate surface area is 150 Å². The van der Waals surface area contributed by atoms with E-state index in [9.17, 15) is 14.0 Å². The lowest BCUT2D eigenvalue weighted by molar-refractivity contribution is 0.0462. The third-order valence-corrected chi connectivity index (χ3v) is 5.24. The number of nitrogens with zero attached hydrogens (tertiary/aromatic N) is 3. The fourth-order valence-corrected chi connectivity index (χ4v) is 3.88. The summed E-state index contributed by atoms with van der Waals surface area (Å²) in [4.78, 5) is 27.6. The number of aryl methyl sites for hydroxylation is 3. The zero-order chi connectivity index (χ0) is 18.6. The van der Waals surface area contributed by atoms with Gasteiger partial charge in [0.15, 0.2) is 0 Å². The number of hydrogen-bond donors (Lipinski definition) is 0. The minimum Gasteiger partial charge on any atom is -0.349 e. The molecule has 2 aromatic heterocycles. The number of hydrogen-bond acceptors (Lipinski definition) is 2. The molecule has 0 aliphatic carbocycles. The number of halogens is 1. The lowest BCUT2D eigenvalue weighted by Gasteiger charge is -2.41. The molecule has 1 amide bonds. The summed E-state index contributed by atoms with van der Waals surface area (Å²) in [5, 5.41) is 0.463. The first-order chi connectivity index (χ1) is 12.4. The smallest absolute Gasteiger partial charge is 0.260 e. The van der Waals surface area contributed by atoms with Gasteiger partial charge in [0.2, 0.25) is 0 Å². The Morgan fingerprint density at radius 3 is 2.42 bits per heavy atom. The molecule has 1 aliphatic heterocycles. The van der Waals surface area contributed by atoms with E-state index in [4.69, 9.17) is 0 Å². The zero-order valence-corrected chi connectivity index (χ0v) is 15.0. The van der Waals surface area contributed by atoms with Crippen LogP contribution in [0.3, 0.4) is 0 Å². The Bertz CT molecular complexity index is 1080. The predicted octanol–water partition coefficient (Wildman–Crippen LogP) is 2.91. The molecule has 0 radical (unpaired) electrons. The van der Waals surface area contributed by atoms with Crippen molar-refractivity contribution >= 4 is 16.8 Å². The van der Waals surface area contributed by atoms with Crippen molar-refractivity contribution in [1.82, 2.24) is 14.0 Å². The molecule has 0 saturated carbocycles. The average molecular weight is 353 g/mol. The van der Waals surface area contributed by atoms with Crippen LogP contribution in [-0.2, 0) is 14.1 Å². The molecule has 3 aromatic rings. The maximum atomic E-state index is 13.2. The minimum absolute atomic E-state index is 0.0768. The highest BCUT2D eigenvalue weighted by molar-refractivity contribution is 6.07. The van der Waals surface area contributed by atoms with Crippen molar-refractivity contribution in [3.8, 4) is 0 Å². The van der Waals surface area contributed by atoms with Crippen molar-refractivity contribution < 1.29 is 9.18 Å². The van der Waals surface area contributed by atoms with Gasteiger partial charge in [-0.2, -0.15) is 0 Å². The van der Waals surface area contributed by atoms with E-state index in [1.165, 1.54) is 16.7 Å². The normalized spacial score (nSPS) is 16.8. The Hall–Kier alpha value is -2.89. The van der Waals surface area contributed by atoms with Gasteiger partial charge in [0.25, 0.3) is 11.5 Å². The van der Waals surface area contributed by atoms with Crippen molar-refractivity contribution in [2.75, 3.05) is 6.54 Å². The van der Waals surface area contributed by atoms with Crippen LogP contribution in [-0.4, -0.2) is 26.5 Å². The number of carbonyl (C=O) groups excluding carboxylic acids is 1. The van der Waals surface area contributed by atoms with Crippen LogP contribution in [0, 0.1) is 12.7 Å². The number of rotatable bonds is 2. The predicted molar refractivity (Wildman–Crippen MR) is 97.7 cm³/mol. The third-order valence-electron chi connectivity index (χ3n) is 5.24. The average Bonchev–Trinajstić information content (AvgIpc) is 2.92. The molecule has 26 heavy (non-hydrogen) atoms. The SMILES string of the molecule is Cc1cn(C)c(=O)c2c(C(=O)N3CCC3c3ccc(F)cc3)cn(C)c12. The van der Waals surface area contributed by atoms with Crippen molar-refractivity contribution in [2.24, 2.45) is 14.1 Å². The lowest BCUT2D eigenvalue weighted by atomic mass is 9.93. The molecule has 1 atom stereocenters. The molecule has 1 saturated heterocycles. The molecule has 134 valence electrons. The number of benzene rings is 1. The molecule has 1 fully saturated rings. The van der Waals surface area contributed by atoms with Crippen LogP contribution in [0.4, 0.5) is 4.39 Å². The van der Waals surface area contributed by atoms with Gasteiger partial charge in [0.05, 0.1) is 22.5 Å². The number of aromatic nitrogens is 2. The van der Waals surface area contributed by atoms with Gasteiger partial charge in [-0.1, -0.05) is 12.1 Å². The van der Waals surface area contributed by atoms with Gasteiger partial charge >= 0.3 is 0 Å². The summed E-state index contributed by atoms with van der Waals surface area (Å²) in [6.45, 7) is 2.56. The Balaban J connectivity index is 1.78. The topological polar surface area (TPSA) is 47.2 Å². The third kappa shape index (κ3) is 2.36. The van der Waals surface area contributed by atoms with Crippen LogP contribution in [0.2, 0.25) is 0 Å². The van der Waals surface area contributed by atoms with Crippen LogP contribution < -0.4 is 5.56 Å². The second-order valence-electron chi connectivity index (χ2n) is 6.96. The molecule has 1 unspecified atom stereocenters. The van der Waals surface area contributed by atoms with Gasteiger partial charge in [-0.25, -0.2) is 4.39 Å². The molecular formula is C20H20FN3O2. The van der Waals surface area contributed by atoms with Crippen LogP contribution in [0.15, 0.2) is 41.5 Å². The summed E-state index contributed by atoms with van der Waals surface area (Å²) >= 11 is 0. The molecule has 5 nitrogen and oxygen atoms in total. The van der Waals surface area contributed by atoms with Gasteiger partial charge in [-0.05, 0) is 36.6 Å². The van der Waals surface area contributed by atoms with E-state index in [0.29, 0.717) is 17.5 Å². The summed E-state index contributed by atoms with van der Waals surface area (Å²) in [5.41, 5.74) is 2.90. The number of pyridine rings is 1.